The van der Waals surface area contributed by atoms with Gasteiger partial charge in [0.15, 0.2) is 5.82 Å². The molecule has 258 valence electrons. The molecule has 2 N–H and O–H groups in total. The van der Waals surface area contributed by atoms with Crippen molar-refractivity contribution in [3.63, 3.8) is 0 Å². The SMILES string of the molecule is COCCN(C(=O)C(F)(F)F)c1cc(N2CCN(C)CC2)ccc1C(=O)Nc1n[nH]c2ccc(S(=O)(=O)c3cc(F)cc(F)c3)cc12.Cl. The van der Waals surface area contributed by atoms with E-state index in [9.17, 15) is 40.0 Å². The van der Waals surface area contributed by atoms with E-state index in [0.717, 1.165) is 6.07 Å². The number of nitrogens with zero attached hydrogens (tertiary/aromatic N) is 4. The van der Waals surface area contributed by atoms with Crippen molar-refractivity contribution in [3.05, 3.63) is 71.8 Å². The molecule has 0 radical (unpaired) electrons. The average molecular weight is 717 g/mol. The number of benzene rings is 3. The summed E-state index contributed by atoms with van der Waals surface area (Å²) in [5, 5.41) is 9.20. The number of piperazine rings is 1. The first-order chi connectivity index (χ1) is 22.2. The van der Waals surface area contributed by atoms with Crippen LogP contribution in [0, 0.1) is 11.6 Å². The summed E-state index contributed by atoms with van der Waals surface area (Å²) in [6.07, 6.45) is -5.27. The number of hydrogen-bond acceptors (Lipinski definition) is 8. The minimum atomic E-state index is -5.27. The molecule has 0 bridgehead atoms. The lowest BCUT2D eigenvalue weighted by atomic mass is 10.1. The van der Waals surface area contributed by atoms with Crippen molar-refractivity contribution in [1.29, 1.82) is 0 Å². The van der Waals surface area contributed by atoms with Gasteiger partial charge in [-0.15, -0.1) is 12.4 Å². The number of rotatable bonds is 9. The van der Waals surface area contributed by atoms with E-state index in [1.807, 2.05) is 11.9 Å². The largest absolute Gasteiger partial charge is 0.471 e. The number of carbonyl (C=O) groups excluding carboxylic acids is 2. The number of methoxy groups -OCH3 is 1. The highest BCUT2D eigenvalue weighted by Gasteiger charge is 2.44. The molecule has 0 spiro atoms. The number of H-pyrrole nitrogens is 1. The Bertz CT molecular complexity index is 1910. The molecule has 0 unspecified atom stereocenters. The monoisotopic (exact) mass is 716 g/mol. The molecule has 48 heavy (non-hydrogen) atoms. The lowest BCUT2D eigenvalue weighted by molar-refractivity contribution is -0.170. The number of alkyl halides is 3. The van der Waals surface area contributed by atoms with E-state index >= 15 is 0 Å². The number of ether oxygens (including phenoxy) is 1. The zero-order chi connectivity index (χ0) is 34.1. The van der Waals surface area contributed by atoms with Gasteiger partial charge >= 0.3 is 12.1 Å². The van der Waals surface area contributed by atoms with Crippen molar-refractivity contribution >= 4 is 62.2 Å². The Morgan fingerprint density at radius 1 is 0.979 bits per heavy atom. The summed E-state index contributed by atoms with van der Waals surface area (Å²) in [4.78, 5) is 29.8. The second kappa shape index (κ2) is 14.4. The van der Waals surface area contributed by atoms with E-state index in [0.29, 0.717) is 55.0 Å². The van der Waals surface area contributed by atoms with Crippen LogP contribution in [0.15, 0.2) is 64.4 Å². The maximum Gasteiger partial charge on any atom is 0.471 e. The summed E-state index contributed by atoms with van der Waals surface area (Å²) in [5.74, 6) is -5.53. The number of likely N-dealkylation sites (N-methyl/N-ethyl adjacent to an activating group) is 1. The molecule has 1 aromatic heterocycles. The second-order valence-electron chi connectivity index (χ2n) is 10.8. The number of sulfone groups is 1. The Labute approximate surface area is 278 Å². The molecule has 0 aliphatic carbocycles. The van der Waals surface area contributed by atoms with Crippen LogP contribution in [-0.2, 0) is 19.4 Å². The van der Waals surface area contributed by atoms with Crippen molar-refractivity contribution in [2.75, 3.05) is 68.6 Å². The van der Waals surface area contributed by atoms with Gasteiger partial charge in [-0.2, -0.15) is 18.3 Å². The predicted octanol–water partition coefficient (Wildman–Crippen LogP) is 4.64. The highest BCUT2D eigenvalue weighted by atomic mass is 35.5. The normalized spacial score (nSPS) is 14.1. The standard InChI is InChI=1S/C30H29F5N6O5S.ClH/c1-39-7-9-40(10-8-39)20-3-5-23(26(16-20)41(11-12-46-2)29(43)30(33,34)35)28(42)36-27-24-17-21(4-6-25(24)37-38-27)47(44,45)22-14-18(31)13-19(32)15-22;/h3-6,13-17H,7-12H2,1-2H3,(H2,36,37,38,42);1H. The second-order valence-corrected chi connectivity index (χ2v) is 12.7. The number of aromatic nitrogens is 2. The molecule has 2 amide bonds. The van der Waals surface area contributed by atoms with Gasteiger partial charge in [0.25, 0.3) is 5.91 Å². The van der Waals surface area contributed by atoms with Crippen LogP contribution in [0.1, 0.15) is 10.4 Å². The zero-order valence-electron chi connectivity index (χ0n) is 25.5. The highest BCUT2D eigenvalue weighted by molar-refractivity contribution is 7.91. The molecule has 1 fully saturated rings. The summed E-state index contributed by atoms with van der Waals surface area (Å²) >= 11 is 0. The minimum Gasteiger partial charge on any atom is -0.383 e. The van der Waals surface area contributed by atoms with Crippen LogP contribution in [0.3, 0.4) is 0 Å². The van der Waals surface area contributed by atoms with Crippen LogP contribution in [0.4, 0.5) is 39.1 Å². The van der Waals surface area contributed by atoms with E-state index in [4.69, 9.17) is 4.74 Å². The quantitative estimate of drug-likeness (QED) is 0.240. The smallest absolute Gasteiger partial charge is 0.383 e. The van der Waals surface area contributed by atoms with Crippen LogP contribution >= 0.6 is 12.4 Å². The molecular weight excluding hydrogens is 687 g/mol. The fraction of sp³-hybridized carbons (Fsp3) is 0.300. The number of halogens is 6. The topological polar surface area (TPSA) is 128 Å². The molecule has 1 aliphatic rings. The van der Waals surface area contributed by atoms with E-state index in [1.54, 1.807) is 6.07 Å². The van der Waals surface area contributed by atoms with Crippen molar-refractivity contribution in [2.24, 2.45) is 0 Å². The van der Waals surface area contributed by atoms with E-state index in [-0.39, 0.29) is 51.9 Å². The fourth-order valence-electron chi connectivity index (χ4n) is 5.11. The molecule has 4 aromatic rings. The average Bonchev–Trinajstić information content (AvgIpc) is 3.42. The van der Waals surface area contributed by atoms with Crippen LogP contribution in [0.2, 0.25) is 0 Å². The lowest BCUT2D eigenvalue weighted by Gasteiger charge is -2.35. The molecule has 1 aliphatic heterocycles. The van der Waals surface area contributed by atoms with E-state index in [2.05, 4.69) is 20.4 Å². The Morgan fingerprint density at radius 3 is 2.27 bits per heavy atom. The fourth-order valence-corrected chi connectivity index (χ4v) is 6.44. The number of amides is 2. The molecule has 3 aromatic carbocycles. The molecule has 1 saturated heterocycles. The van der Waals surface area contributed by atoms with E-state index < -0.39 is 50.9 Å². The first-order valence-electron chi connectivity index (χ1n) is 14.1. The number of anilines is 3. The van der Waals surface area contributed by atoms with Gasteiger partial charge < -0.3 is 24.8 Å². The van der Waals surface area contributed by atoms with Gasteiger partial charge in [-0.3, -0.25) is 14.7 Å². The maximum atomic E-state index is 13.8. The highest BCUT2D eigenvalue weighted by Crippen LogP contribution is 2.33. The van der Waals surface area contributed by atoms with Gasteiger partial charge in [0.05, 0.1) is 33.2 Å². The molecule has 0 atom stereocenters. The summed E-state index contributed by atoms with van der Waals surface area (Å²) in [6.45, 7) is 1.70. The third-order valence-corrected chi connectivity index (χ3v) is 9.35. The van der Waals surface area contributed by atoms with Crippen LogP contribution in [0.5, 0.6) is 0 Å². The Morgan fingerprint density at radius 2 is 1.65 bits per heavy atom. The van der Waals surface area contributed by atoms with Gasteiger partial charge in [-0.25, -0.2) is 17.2 Å². The van der Waals surface area contributed by atoms with Crippen LogP contribution < -0.4 is 15.1 Å². The van der Waals surface area contributed by atoms with Gasteiger partial charge in [0, 0.05) is 57.0 Å². The van der Waals surface area contributed by atoms with E-state index in [1.165, 1.54) is 31.4 Å². The molecular formula is C30H30ClF5N6O5S. The van der Waals surface area contributed by atoms with Crippen molar-refractivity contribution < 1.29 is 44.7 Å². The number of nitrogens with one attached hydrogen (secondary N) is 2. The lowest BCUT2D eigenvalue weighted by Crippen LogP contribution is -2.45. The van der Waals surface area contributed by atoms with Crippen molar-refractivity contribution in [2.45, 2.75) is 16.0 Å². The minimum absolute atomic E-state index is 0. The Hall–Kier alpha value is -4.32. The molecule has 11 nitrogen and oxygen atoms in total. The molecule has 0 saturated carbocycles. The number of aromatic amines is 1. The van der Waals surface area contributed by atoms with Crippen LogP contribution in [-0.4, -0.2) is 95.0 Å². The summed E-state index contributed by atoms with van der Waals surface area (Å²) in [5.41, 5.74) is 0.140. The zero-order valence-corrected chi connectivity index (χ0v) is 27.1. The van der Waals surface area contributed by atoms with Gasteiger partial charge in [0.2, 0.25) is 9.84 Å². The summed E-state index contributed by atoms with van der Waals surface area (Å²) < 4.78 is 100. The first-order valence-corrected chi connectivity index (χ1v) is 15.6. The number of carbonyl (C=O) groups is 2. The van der Waals surface area contributed by atoms with Crippen LogP contribution in [0.25, 0.3) is 10.9 Å². The first kappa shape index (κ1) is 36.5. The predicted molar refractivity (Wildman–Crippen MR) is 170 cm³/mol. The Kier molecular flexibility index (Phi) is 11.0. The number of fused-ring (bicyclic) bond motifs is 1. The van der Waals surface area contributed by atoms with Crippen molar-refractivity contribution in [1.82, 2.24) is 15.1 Å². The maximum absolute atomic E-state index is 13.8. The summed E-state index contributed by atoms with van der Waals surface area (Å²) in [6, 6.07) is 9.66. The third-order valence-electron chi connectivity index (χ3n) is 7.61. The Balaban J connectivity index is 0.00000520. The third kappa shape index (κ3) is 7.69. The van der Waals surface area contributed by atoms with Gasteiger partial charge in [-0.1, -0.05) is 0 Å². The number of hydrogen-bond donors (Lipinski definition) is 2. The molecule has 18 heteroatoms. The van der Waals surface area contributed by atoms with Crippen molar-refractivity contribution in [3.8, 4) is 0 Å². The molecule has 2 heterocycles. The molecule has 5 rings (SSSR count). The summed E-state index contributed by atoms with van der Waals surface area (Å²) in [7, 11) is -1.23. The van der Waals surface area contributed by atoms with Gasteiger partial charge in [-0.05, 0) is 55.6 Å². The van der Waals surface area contributed by atoms with Gasteiger partial charge in [0.1, 0.15) is 11.6 Å².